The van der Waals surface area contributed by atoms with E-state index in [0.29, 0.717) is 36.4 Å². The van der Waals surface area contributed by atoms with Crippen LogP contribution in [0.2, 0.25) is 0 Å². The third-order valence-electron chi connectivity index (χ3n) is 5.47. The first kappa shape index (κ1) is 30.3. The summed E-state index contributed by atoms with van der Waals surface area (Å²) in [6.07, 6.45) is -3.88. The number of aliphatic hydroxyl groups is 3. The van der Waals surface area contributed by atoms with Crippen molar-refractivity contribution in [3.05, 3.63) is 22.5 Å². The summed E-state index contributed by atoms with van der Waals surface area (Å²) in [5, 5.41) is 33.8. The van der Waals surface area contributed by atoms with Crippen LogP contribution in [0.15, 0.2) is 11.0 Å². The maximum atomic E-state index is 14.8. The predicted octanol–water partition coefficient (Wildman–Crippen LogP) is 0.365. The van der Waals surface area contributed by atoms with Gasteiger partial charge in [-0.15, -0.1) is 0 Å². The molecule has 2 rings (SSSR count). The number of ketones is 1. The maximum Gasteiger partial charge on any atom is 0.408 e. The van der Waals surface area contributed by atoms with Crippen LogP contribution in [0.5, 0.6) is 0 Å². The topological polar surface area (TPSA) is 189 Å². The van der Waals surface area contributed by atoms with Crippen LogP contribution >= 0.6 is 0 Å². The number of hydrogen-bond acceptors (Lipinski definition) is 10. The van der Waals surface area contributed by atoms with E-state index >= 15 is 0 Å². The average molecular weight is 531 g/mol. The van der Waals surface area contributed by atoms with Crippen molar-refractivity contribution >= 4 is 23.6 Å². The van der Waals surface area contributed by atoms with Crippen LogP contribution in [0.3, 0.4) is 0 Å². The Balaban J connectivity index is 2.16. The molecule has 1 aliphatic heterocycles. The number of nitrogens with zero attached hydrogens (tertiary/aromatic N) is 2. The van der Waals surface area contributed by atoms with E-state index in [2.05, 4.69) is 15.6 Å². The van der Waals surface area contributed by atoms with Crippen LogP contribution in [-0.4, -0.2) is 79.2 Å². The molecule has 14 heteroatoms. The average Bonchev–Trinajstić information content (AvgIpc) is 3.07. The maximum absolute atomic E-state index is 14.8. The van der Waals surface area contributed by atoms with Gasteiger partial charge in [0.15, 0.2) is 17.9 Å². The van der Waals surface area contributed by atoms with Crippen LogP contribution in [0.4, 0.5) is 15.0 Å². The number of amides is 2. The number of hydrogen-bond donors (Lipinski definition) is 5. The molecule has 1 saturated heterocycles. The van der Waals surface area contributed by atoms with Crippen molar-refractivity contribution in [1.82, 2.24) is 14.9 Å². The van der Waals surface area contributed by atoms with E-state index in [1.807, 2.05) is 0 Å². The summed E-state index contributed by atoms with van der Waals surface area (Å²) in [7, 11) is 0. The Labute approximate surface area is 213 Å². The summed E-state index contributed by atoms with van der Waals surface area (Å²) in [5.74, 6) is -2.68. The van der Waals surface area contributed by atoms with E-state index < -0.39 is 72.1 Å². The number of anilines is 1. The number of aliphatic hydroxyl groups excluding tert-OH is 3. The van der Waals surface area contributed by atoms with E-state index in [0.717, 1.165) is 0 Å². The number of alkyl carbamates (subject to hydrolysis) is 1. The summed E-state index contributed by atoms with van der Waals surface area (Å²) < 4.78 is 25.8. The summed E-state index contributed by atoms with van der Waals surface area (Å²) >= 11 is 0. The Morgan fingerprint density at radius 2 is 1.89 bits per heavy atom. The second-order valence-electron chi connectivity index (χ2n) is 9.85. The molecule has 0 spiro atoms. The van der Waals surface area contributed by atoms with Crippen LogP contribution in [0.25, 0.3) is 0 Å². The Kier molecular flexibility index (Phi) is 10.7. The first-order valence-corrected chi connectivity index (χ1v) is 11.9. The summed E-state index contributed by atoms with van der Waals surface area (Å²) in [4.78, 5) is 52.2. The van der Waals surface area contributed by atoms with Gasteiger partial charge < -0.3 is 40.2 Å². The third kappa shape index (κ3) is 8.84. The minimum Gasteiger partial charge on any atom is -0.444 e. The largest absolute Gasteiger partial charge is 0.444 e. The molecule has 0 radical (unpaired) electrons. The van der Waals surface area contributed by atoms with E-state index in [1.165, 1.54) is 6.92 Å². The zero-order valence-electron chi connectivity index (χ0n) is 21.3. The van der Waals surface area contributed by atoms with Crippen LogP contribution in [0.1, 0.15) is 66.0 Å². The first-order chi connectivity index (χ1) is 17.2. The molecule has 2 amide bonds. The van der Waals surface area contributed by atoms with Gasteiger partial charge in [0, 0.05) is 6.42 Å². The highest BCUT2D eigenvalue weighted by atomic mass is 19.1. The van der Waals surface area contributed by atoms with E-state index in [-0.39, 0.29) is 12.2 Å². The molecule has 1 fully saturated rings. The fraction of sp³-hybridized carbons (Fsp3) is 0.696. The monoisotopic (exact) mass is 530 g/mol. The third-order valence-corrected chi connectivity index (χ3v) is 5.47. The molecule has 37 heavy (non-hydrogen) atoms. The normalized spacial score (nSPS) is 22.4. The van der Waals surface area contributed by atoms with Crippen LogP contribution in [0, 0.1) is 5.82 Å². The molecule has 5 atom stereocenters. The Morgan fingerprint density at radius 1 is 1.22 bits per heavy atom. The molecular formula is C23H35FN4O9. The SMILES string of the molecule is CC(=O)CCCCC[C@H](NC(=O)OC(C)(C)C)C(=O)Nc1nc(=O)n([C@@H]2O[C@H](CO)[C@H](O)C2O)cc1F. The number of halogens is 1. The number of rotatable bonds is 11. The standard InChI is InChI=1S/C23H35FN4O9/c1-12(30)8-6-5-7-9-14(25-22(35)37-23(2,3)4)19(33)26-18-13(24)10-28(21(34)27-18)20-17(32)16(31)15(11-29)36-20/h10,14-17,20,29,31-32H,5-9,11H2,1-4H3,(H,25,35)(H,26,27,33,34)/t14-,15+,16-,17?,20+/m0/s1. The number of carbonyl (C=O) groups excluding carboxylic acids is 3. The lowest BCUT2D eigenvalue weighted by molar-refractivity contribution is -0.119. The van der Waals surface area contributed by atoms with E-state index in [4.69, 9.17) is 9.47 Å². The molecule has 13 nitrogen and oxygen atoms in total. The fourth-order valence-electron chi connectivity index (χ4n) is 3.65. The van der Waals surface area contributed by atoms with Crippen LogP contribution < -0.4 is 16.3 Å². The minimum atomic E-state index is -1.64. The molecule has 1 aromatic rings. The zero-order chi connectivity index (χ0) is 27.9. The highest BCUT2D eigenvalue weighted by Crippen LogP contribution is 2.28. The molecule has 0 aliphatic carbocycles. The summed E-state index contributed by atoms with van der Waals surface area (Å²) in [6.45, 7) is 5.76. The second-order valence-corrected chi connectivity index (χ2v) is 9.85. The number of aromatic nitrogens is 2. The molecule has 1 unspecified atom stereocenters. The lowest BCUT2D eigenvalue weighted by Gasteiger charge is -2.23. The number of nitrogens with one attached hydrogen (secondary N) is 2. The van der Waals surface area contributed by atoms with Gasteiger partial charge in [0.2, 0.25) is 5.91 Å². The lowest BCUT2D eigenvalue weighted by Crippen LogP contribution is -2.46. The van der Waals surface area contributed by atoms with Gasteiger partial charge in [-0.3, -0.25) is 9.36 Å². The van der Waals surface area contributed by atoms with Crippen molar-refractivity contribution in [3.63, 3.8) is 0 Å². The molecule has 0 aromatic carbocycles. The zero-order valence-corrected chi connectivity index (χ0v) is 21.3. The van der Waals surface area contributed by atoms with Crippen molar-refractivity contribution in [1.29, 1.82) is 0 Å². The Bertz CT molecular complexity index is 1030. The lowest BCUT2D eigenvalue weighted by atomic mass is 10.1. The molecule has 0 saturated carbocycles. The van der Waals surface area contributed by atoms with Gasteiger partial charge >= 0.3 is 11.8 Å². The van der Waals surface area contributed by atoms with Gasteiger partial charge in [0.25, 0.3) is 0 Å². The van der Waals surface area contributed by atoms with Gasteiger partial charge in [-0.05, 0) is 40.5 Å². The van der Waals surface area contributed by atoms with Gasteiger partial charge in [-0.25, -0.2) is 14.0 Å². The molecule has 208 valence electrons. The van der Waals surface area contributed by atoms with Gasteiger partial charge in [-0.2, -0.15) is 4.98 Å². The Morgan fingerprint density at radius 3 is 2.46 bits per heavy atom. The van der Waals surface area contributed by atoms with Crippen molar-refractivity contribution in [2.24, 2.45) is 0 Å². The van der Waals surface area contributed by atoms with Gasteiger partial charge in [0.05, 0.1) is 12.8 Å². The number of carbonyl (C=O) groups is 3. The molecule has 1 aliphatic rings. The number of unbranched alkanes of at least 4 members (excludes halogenated alkanes) is 2. The fourth-order valence-corrected chi connectivity index (χ4v) is 3.65. The predicted molar refractivity (Wildman–Crippen MR) is 127 cm³/mol. The molecular weight excluding hydrogens is 495 g/mol. The summed E-state index contributed by atoms with van der Waals surface area (Å²) in [6, 6.07) is -1.16. The van der Waals surface area contributed by atoms with E-state index in [9.17, 15) is 38.9 Å². The Hall–Kier alpha value is -2.94. The quantitative estimate of drug-likeness (QED) is 0.250. The van der Waals surface area contributed by atoms with Gasteiger partial charge in [0.1, 0.15) is 35.7 Å². The van der Waals surface area contributed by atoms with E-state index in [1.54, 1.807) is 20.8 Å². The second kappa shape index (κ2) is 13.0. The minimum absolute atomic E-state index is 0.0365. The highest BCUT2D eigenvalue weighted by Gasteiger charge is 2.44. The number of ether oxygens (including phenoxy) is 2. The van der Waals surface area contributed by atoms with Crippen molar-refractivity contribution < 1.29 is 43.6 Å². The molecule has 5 N–H and O–H groups in total. The van der Waals surface area contributed by atoms with Gasteiger partial charge in [-0.1, -0.05) is 12.8 Å². The molecule has 0 bridgehead atoms. The summed E-state index contributed by atoms with van der Waals surface area (Å²) in [5.41, 5.74) is -1.94. The molecule has 1 aromatic heterocycles. The molecule has 2 heterocycles. The van der Waals surface area contributed by atoms with Crippen LogP contribution in [-0.2, 0) is 19.1 Å². The van der Waals surface area contributed by atoms with Crippen molar-refractivity contribution in [3.8, 4) is 0 Å². The first-order valence-electron chi connectivity index (χ1n) is 11.9. The highest BCUT2D eigenvalue weighted by molar-refractivity contribution is 5.95. The van der Waals surface area contributed by atoms with Crippen molar-refractivity contribution in [2.45, 2.75) is 96.0 Å². The number of Topliss-reactive ketones (excluding diaryl/α,β-unsaturated/α-hetero) is 1. The van der Waals surface area contributed by atoms with Crippen molar-refractivity contribution in [2.75, 3.05) is 11.9 Å². The smallest absolute Gasteiger partial charge is 0.408 e.